The van der Waals surface area contributed by atoms with E-state index in [1.54, 1.807) is 0 Å². The number of esters is 2. The molecular formula is C30H58O4. The van der Waals surface area contributed by atoms with E-state index < -0.39 is 0 Å². The van der Waals surface area contributed by atoms with Gasteiger partial charge in [-0.2, -0.15) is 0 Å². The predicted octanol–water partition coefficient (Wildman–Crippen LogP) is 9.19. The Kier molecular flexibility index (Phi) is 24.3. The van der Waals surface area contributed by atoms with Gasteiger partial charge >= 0.3 is 11.9 Å². The number of carbonyl (C=O) groups excluding carboxylic acids is 2. The molecule has 4 heteroatoms. The van der Waals surface area contributed by atoms with Gasteiger partial charge in [-0.3, -0.25) is 9.59 Å². The molecule has 34 heavy (non-hydrogen) atoms. The minimum atomic E-state index is -0.0143. The van der Waals surface area contributed by atoms with Crippen LogP contribution in [-0.4, -0.2) is 25.2 Å². The molecule has 0 spiro atoms. The molecule has 0 heterocycles. The molecule has 2 atom stereocenters. The highest BCUT2D eigenvalue weighted by Gasteiger charge is 2.21. The molecule has 0 N–H and O–H groups in total. The van der Waals surface area contributed by atoms with Gasteiger partial charge in [-0.05, 0) is 31.6 Å². The fraction of sp³-hybridized carbons (Fsp3) is 0.933. The van der Waals surface area contributed by atoms with Crippen molar-refractivity contribution in [2.24, 2.45) is 11.8 Å². The standard InChI is InChI=1S/C30H58O4/c1-5-7-9-21-25-33-29(31)24-20-18-16-14-12-11-13-15-17-19-23-27(3)28(4)30(32)34-26-22-10-8-6-2/h27-28H,5-26H2,1-4H3. The topological polar surface area (TPSA) is 52.6 Å². The highest BCUT2D eigenvalue weighted by atomic mass is 16.5. The van der Waals surface area contributed by atoms with E-state index in [9.17, 15) is 9.59 Å². The summed E-state index contributed by atoms with van der Waals surface area (Å²) < 4.78 is 10.7. The molecule has 0 aromatic carbocycles. The Morgan fingerprint density at radius 1 is 0.559 bits per heavy atom. The third-order valence-electron chi connectivity index (χ3n) is 7.02. The summed E-state index contributed by atoms with van der Waals surface area (Å²) in [5, 5.41) is 0. The molecule has 0 amide bonds. The van der Waals surface area contributed by atoms with Crippen LogP contribution in [0.4, 0.5) is 0 Å². The zero-order valence-electron chi connectivity index (χ0n) is 23.3. The number of rotatable bonds is 25. The van der Waals surface area contributed by atoms with Gasteiger partial charge in [0, 0.05) is 6.42 Å². The molecule has 0 aromatic rings. The summed E-state index contributed by atoms with van der Waals surface area (Å²) in [6.45, 7) is 9.78. The predicted molar refractivity (Wildman–Crippen MR) is 144 cm³/mol. The molecule has 0 saturated carbocycles. The fourth-order valence-electron chi connectivity index (χ4n) is 4.25. The van der Waals surface area contributed by atoms with Crippen LogP contribution < -0.4 is 0 Å². The average molecular weight is 483 g/mol. The molecule has 0 radical (unpaired) electrons. The van der Waals surface area contributed by atoms with Crippen LogP contribution >= 0.6 is 0 Å². The van der Waals surface area contributed by atoms with E-state index in [0.29, 0.717) is 25.6 Å². The second-order valence-corrected chi connectivity index (χ2v) is 10.3. The first-order chi connectivity index (χ1) is 16.5. The lowest BCUT2D eigenvalue weighted by atomic mass is 9.90. The van der Waals surface area contributed by atoms with Gasteiger partial charge in [0.05, 0.1) is 19.1 Å². The van der Waals surface area contributed by atoms with Crippen LogP contribution in [0.25, 0.3) is 0 Å². The van der Waals surface area contributed by atoms with Crippen LogP contribution in [0, 0.1) is 11.8 Å². The maximum atomic E-state index is 12.2. The van der Waals surface area contributed by atoms with Crippen molar-refractivity contribution in [3.05, 3.63) is 0 Å². The summed E-state index contributed by atoms with van der Waals surface area (Å²) in [4.78, 5) is 23.9. The second kappa shape index (κ2) is 25.0. The largest absolute Gasteiger partial charge is 0.466 e. The Balaban J connectivity index is 3.43. The summed E-state index contributed by atoms with van der Waals surface area (Å²) in [7, 11) is 0. The molecule has 0 aliphatic heterocycles. The molecule has 0 aliphatic rings. The zero-order valence-corrected chi connectivity index (χ0v) is 23.3. The third kappa shape index (κ3) is 21.5. The third-order valence-corrected chi connectivity index (χ3v) is 7.02. The van der Waals surface area contributed by atoms with E-state index in [4.69, 9.17) is 9.47 Å². The first-order valence-electron chi connectivity index (χ1n) is 14.8. The summed E-state index contributed by atoms with van der Waals surface area (Å²) in [6, 6.07) is 0. The normalized spacial score (nSPS) is 12.9. The van der Waals surface area contributed by atoms with Crippen LogP contribution in [-0.2, 0) is 19.1 Å². The molecule has 202 valence electrons. The van der Waals surface area contributed by atoms with Gasteiger partial charge in [-0.25, -0.2) is 0 Å². The van der Waals surface area contributed by atoms with Crippen molar-refractivity contribution in [1.82, 2.24) is 0 Å². The van der Waals surface area contributed by atoms with Crippen molar-refractivity contribution in [3.63, 3.8) is 0 Å². The molecule has 0 aromatic heterocycles. The van der Waals surface area contributed by atoms with E-state index >= 15 is 0 Å². The van der Waals surface area contributed by atoms with Crippen LogP contribution in [0.2, 0.25) is 0 Å². The fourth-order valence-corrected chi connectivity index (χ4v) is 4.25. The molecule has 0 aliphatic carbocycles. The van der Waals surface area contributed by atoms with E-state index in [-0.39, 0.29) is 17.9 Å². The molecule has 0 bridgehead atoms. The summed E-state index contributed by atoms with van der Waals surface area (Å²) in [5.74, 6) is 0.392. The van der Waals surface area contributed by atoms with Gasteiger partial charge < -0.3 is 9.47 Å². The summed E-state index contributed by atoms with van der Waals surface area (Å²) >= 11 is 0. The lowest BCUT2D eigenvalue weighted by molar-refractivity contribution is -0.150. The van der Waals surface area contributed by atoms with Gasteiger partial charge in [-0.15, -0.1) is 0 Å². The number of ether oxygens (including phenoxy) is 2. The molecular weight excluding hydrogens is 424 g/mol. The first-order valence-corrected chi connectivity index (χ1v) is 14.8. The minimum absolute atomic E-state index is 0.0108. The van der Waals surface area contributed by atoms with Crippen molar-refractivity contribution in [2.45, 2.75) is 156 Å². The SMILES string of the molecule is CCCCCCOC(=O)CCCCCCCCCCCCC(C)C(C)C(=O)OCCCCCC. The lowest BCUT2D eigenvalue weighted by Gasteiger charge is -2.18. The van der Waals surface area contributed by atoms with Crippen molar-refractivity contribution >= 4 is 11.9 Å². The molecule has 0 saturated heterocycles. The monoisotopic (exact) mass is 482 g/mol. The van der Waals surface area contributed by atoms with E-state index in [1.807, 2.05) is 6.92 Å². The quantitative estimate of drug-likeness (QED) is 0.0961. The highest BCUT2D eigenvalue weighted by molar-refractivity contribution is 5.72. The van der Waals surface area contributed by atoms with Crippen molar-refractivity contribution < 1.29 is 19.1 Å². The molecule has 4 nitrogen and oxygen atoms in total. The Morgan fingerprint density at radius 3 is 1.53 bits per heavy atom. The maximum absolute atomic E-state index is 12.2. The number of unbranched alkanes of at least 4 members (excludes halogenated alkanes) is 15. The number of hydrogen-bond donors (Lipinski definition) is 0. The van der Waals surface area contributed by atoms with Crippen LogP contribution in [0.3, 0.4) is 0 Å². The Morgan fingerprint density at radius 2 is 1.00 bits per heavy atom. The maximum Gasteiger partial charge on any atom is 0.308 e. The van der Waals surface area contributed by atoms with Gasteiger partial charge in [0.1, 0.15) is 0 Å². The molecule has 0 rings (SSSR count). The Bertz CT molecular complexity index is 463. The zero-order chi connectivity index (χ0) is 25.3. The van der Waals surface area contributed by atoms with E-state index in [0.717, 1.165) is 44.9 Å². The van der Waals surface area contributed by atoms with Crippen molar-refractivity contribution in [3.8, 4) is 0 Å². The van der Waals surface area contributed by atoms with Crippen molar-refractivity contribution in [1.29, 1.82) is 0 Å². The van der Waals surface area contributed by atoms with E-state index in [2.05, 4.69) is 20.8 Å². The first kappa shape index (κ1) is 32.9. The van der Waals surface area contributed by atoms with E-state index in [1.165, 1.54) is 77.0 Å². The smallest absolute Gasteiger partial charge is 0.308 e. The van der Waals surface area contributed by atoms with Gasteiger partial charge in [0.25, 0.3) is 0 Å². The second-order valence-electron chi connectivity index (χ2n) is 10.3. The van der Waals surface area contributed by atoms with Gasteiger partial charge in [0.2, 0.25) is 0 Å². The van der Waals surface area contributed by atoms with Gasteiger partial charge in [0.15, 0.2) is 0 Å². The summed E-state index contributed by atoms with van der Waals surface area (Å²) in [5.41, 5.74) is 0. The number of carbonyl (C=O) groups is 2. The lowest BCUT2D eigenvalue weighted by Crippen LogP contribution is -2.22. The minimum Gasteiger partial charge on any atom is -0.466 e. The van der Waals surface area contributed by atoms with Gasteiger partial charge in [-0.1, -0.05) is 124 Å². The highest BCUT2D eigenvalue weighted by Crippen LogP contribution is 2.21. The Labute approximate surface area is 212 Å². The average Bonchev–Trinajstić information content (AvgIpc) is 2.83. The molecule has 0 fully saturated rings. The number of hydrogen-bond acceptors (Lipinski definition) is 4. The van der Waals surface area contributed by atoms with Crippen LogP contribution in [0.5, 0.6) is 0 Å². The summed E-state index contributed by atoms with van der Waals surface area (Å²) in [6.07, 6.45) is 23.2. The van der Waals surface area contributed by atoms with Crippen LogP contribution in [0.15, 0.2) is 0 Å². The Hall–Kier alpha value is -1.06. The molecule has 2 unspecified atom stereocenters. The van der Waals surface area contributed by atoms with Crippen LogP contribution in [0.1, 0.15) is 156 Å². The van der Waals surface area contributed by atoms with Crippen molar-refractivity contribution in [2.75, 3.05) is 13.2 Å².